The Balaban J connectivity index is 2.15. The normalized spacial score (nSPS) is 10.4. The Bertz CT molecular complexity index is 521. The van der Waals surface area contributed by atoms with Crippen LogP contribution in [-0.4, -0.2) is 12.0 Å². The van der Waals surface area contributed by atoms with Crippen molar-refractivity contribution in [2.75, 3.05) is 7.05 Å². The lowest BCUT2D eigenvalue weighted by molar-refractivity contribution is 0.475. The Labute approximate surface area is 108 Å². The van der Waals surface area contributed by atoms with Crippen LogP contribution in [0.2, 0.25) is 0 Å². The molecule has 0 bridgehead atoms. The summed E-state index contributed by atoms with van der Waals surface area (Å²) in [4.78, 5) is 4.33. The number of nitrogens with zero attached hydrogens (tertiary/aromatic N) is 1. The lowest BCUT2D eigenvalue weighted by Gasteiger charge is -2.09. The Morgan fingerprint density at radius 3 is 2.67 bits per heavy atom. The van der Waals surface area contributed by atoms with Crippen LogP contribution in [0.15, 0.2) is 36.5 Å². The average Bonchev–Trinajstić information content (AvgIpc) is 2.37. The first-order valence-electron chi connectivity index (χ1n) is 6.03. The molecule has 0 fully saturated rings. The zero-order valence-corrected chi connectivity index (χ0v) is 11.0. The molecule has 94 valence electrons. The van der Waals surface area contributed by atoms with Gasteiger partial charge in [0, 0.05) is 6.54 Å². The molecular formula is C15H18N2O. The number of ether oxygens (including phenoxy) is 1. The summed E-state index contributed by atoms with van der Waals surface area (Å²) >= 11 is 0. The van der Waals surface area contributed by atoms with Crippen molar-refractivity contribution in [1.29, 1.82) is 0 Å². The lowest BCUT2D eigenvalue weighted by atomic mass is 10.1. The Morgan fingerprint density at radius 1 is 1.17 bits per heavy atom. The topological polar surface area (TPSA) is 34.1 Å². The molecule has 1 aromatic heterocycles. The molecule has 0 saturated carbocycles. The third-order valence-corrected chi connectivity index (χ3v) is 2.73. The zero-order valence-electron chi connectivity index (χ0n) is 11.0. The van der Waals surface area contributed by atoms with Gasteiger partial charge in [-0.3, -0.25) is 4.98 Å². The molecule has 2 rings (SSSR count). The molecule has 1 heterocycles. The van der Waals surface area contributed by atoms with E-state index in [0.29, 0.717) is 0 Å². The molecular weight excluding hydrogens is 224 g/mol. The predicted molar refractivity (Wildman–Crippen MR) is 73.0 cm³/mol. The van der Waals surface area contributed by atoms with Crippen molar-refractivity contribution in [2.24, 2.45) is 0 Å². The maximum atomic E-state index is 5.84. The van der Waals surface area contributed by atoms with E-state index >= 15 is 0 Å². The van der Waals surface area contributed by atoms with E-state index in [1.165, 1.54) is 5.56 Å². The first kappa shape index (κ1) is 12.6. The maximum absolute atomic E-state index is 5.84. The van der Waals surface area contributed by atoms with E-state index in [-0.39, 0.29) is 0 Å². The van der Waals surface area contributed by atoms with E-state index in [0.717, 1.165) is 29.3 Å². The SMILES string of the molecule is CNCc1ccc(Oc2cc(C)ccc2C)cn1. The van der Waals surface area contributed by atoms with E-state index in [1.54, 1.807) is 6.20 Å². The van der Waals surface area contributed by atoms with Gasteiger partial charge in [0.15, 0.2) is 0 Å². The quantitative estimate of drug-likeness (QED) is 0.894. The van der Waals surface area contributed by atoms with Gasteiger partial charge in [-0.2, -0.15) is 0 Å². The first-order chi connectivity index (χ1) is 8.69. The van der Waals surface area contributed by atoms with Gasteiger partial charge in [-0.1, -0.05) is 12.1 Å². The van der Waals surface area contributed by atoms with E-state index in [1.807, 2.05) is 32.2 Å². The fourth-order valence-electron chi connectivity index (χ4n) is 1.70. The summed E-state index contributed by atoms with van der Waals surface area (Å²) in [7, 11) is 1.90. The van der Waals surface area contributed by atoms with Crippen LogP contribution in [0.25, 0.3) is 0 Å². The van der Waals surface area contributed by atoms with Crippen LogP contribution in [0.5, 0.6) is 11.5 Å². The third-order valence-electron chi connectivity index (χ3n) is 2.73. The summed E-state index contributed by atoms with van der Waals surface area (Å²) in [5.41, 5.74) is 3.32. The predicted octanol–water partition coefficient (Wildman–Crippen LogP) is 3.21. The van der Waals surface area contributed by atoms with Crippen molar-refractivity contribution in [2.45, 2.75) is 20.4 Å². The van der Waals surface area contributed by atoms with Crippen LogP contribution in [0.4, 0.5) is 0 Å². The summed E-state index contributed by atoms with van der Waals surface area (Å²) in [5, 5.41) is 3.07. The Hall–Kier alpha value is -1.87. The van der Waals surface area contributed by atoms with E-state index in [2.05, 4.69) is 29.4 Å². The van der Waals surface area contributed by atoms with Gasteiger partial charge in [0.1, 0.15) is 11.5 Å². The lowest BCUT2D eigenvalue weighted by Crippen LogP contribution is -2.06. The highest BCUT2D eigenvalue weighted by Gasteiger charge is 2.02. The molecule has 0 unspecified atom stereocenters. The molecule has 1 N–H and O–H groups in total. The molecule has 3 nitrogen and oxygen atoms in total. The fraction of sp³-hybridized carbons (Fsp3) is 0.267. The molecule has 0 aliphatic rings. The Morgan fingerprint density at radius 2 is 2.00 bits per heavy atom. The van der Waals surface area contributed by atoms with Gasteiger partial charge < -0.3 is 10.1 Å². The van der Waals surface area contributed by atoms with Gasteiger partial charge in [0.25, 0.3) is 0 Å². The maximum Gasteiger partial charge on any atom is 0.145 e. The van der Waals surface area contributed by atoms with Crippen molar-refractivity contribution in [3.05, 3.63) is 53.3 Å². The van der Waals surface area contributed by atoms with Crippen LogP contribution < -0.4 is 10.1 Å². The summed E-state index contributed by atoms with van der Waals surface area (Å²) < 4.78 is 5.84. The number of rotatable bonds is 4. The molecule has 0 amide bonds. The van der Waals surface area contributed by atoms with Gasteiger partial charge in [-0.05, 0) is 50.2 Å². The fourth-order valence-corrected chi connectivity index (χ4v) is 1.70. The molecule has 0 aliphatic heterocycles. The number of hydrogen-bond donors (Lipinski definition) is 1. The van der Waals surface area contributed by atoms with Crippen LogP contribution in [-0.2, 0) is 6.54 Å². The molecule has 3 heteroatoms. The second-order valence-electron chi connectivity index (χ2n) is 4.39. The minimum atomic E-state index is 0.767. The van der Waals surface area contributed by atoms with Crippen LogP contribution in [0, 0.1) is 13.8 Å². The van der Waals surface area contributed by atoms with Crippen LogP contribution in [0.1, 0.15) is 16.8 Å². The van der Waals surface area contributed by atoms with Crippen molar-refractivity contribution >= 4 is 0 Å². The van der Waals surface area contributed by atoms with Crippen LogP contribution >= 0.6 is 0 Å². The van der Waals surface area contributed by atoms with Crippen molar-refractivity contribution < 1.29 is 4.74 Å². The summed E-state index contributed by atoms with van der Waals surface area (Å²) in [5.74, 6) is 1.65. The second-order valence-corrected chi connectivity index (χ2v) is 4.39. The minimum Gasteiger partial charge on any atom is -0.455 e. The summed E-state index contributed by atoms with van der Waals surface area (Å²) in [6.07, 6.45) is 1.76. The third kappa shape index (κ3) is 3.08. The molecule has 2 aromatic rings. The second kappa shape index (κ2) is 5.65. The molecule has 0 atom stereocenters. The molecule has 0 saturated heterocycles. The summed E-state index contributed by atoms with van der Waals surface area (Å²) in [6.45, 7) is 4.86. The molecule has 0 radical (unpaired) electrons. The number of benzene rings is 1. The van der Waals surface area contributed by atoms with Gasteiger partial charge in [0.2, 0.25) is 0 Å². The molecule has 18 heavy (non-hydrogen) atoms. The van der Waals surface area contributed by atoms with Crippen molar-refractivity contribution in [3.8, 4) is 11.5 Å². The van der Waals surface area contributed by atoms with Gasteiger partial charge in [-0.15, -0.1) is 0 Å². The monoisotopic (exact) mass is 242 g/mol. The number of aryl methyl sites for hydroxylation is 2. The van der Waals surface area contributed by atoms with Crippen molar-refractivity contribution in [1.82, 2.24) is 10.3 Å². The first-order valence-corrected chi connectivity index (χ1v) is 6.03. The standard InChI is InChI=1S/C15H18N2O/c1-11-4-5-12(2)15(8-11)18-14-7-6-13(9-16-3)17-10-14/h4-8,10,16H,9H2,1-3H3. The van der Waals surface area contributed by atoms with Crippen LogP contribution in [0.3, 0.4) is 0 Å². The van der Waals surface area contributed by atoms with E-state index in [4.69, 9.17) is 4.74 Å². The van der Waals surface area contributed by atoms with Gasteiger partial charge in [0.05, 0.1) is 11.9 Å². The molecule has 1 aromatic carbocycles. The van der Waals surface area contributed by atoms with Gasteiger partial charge >= 0.3 is 0 Å². The highest BCUT2D eigenvalue weighted by atomic mass is 16.5. The molecule has 0 aliphatic carbocycles. The summed E-state index contributed by atoms with van der Waals surface area (Å²) in [6, 6.07) is 10.1. The van der Waals surface area contributed by atoms with Gasteiger partial charge in [-0.25, -0.2) is 0 Å². The number of pyridine rings is 1. The largest absolute Gasteiger partial charge is 0.455 e. The Kier molecular flexibility index (Phi) is 3.95. The number of hydrogen-bond acceptors (Lipinski definition) is 3. The minimum absolute atomic E-state index is 0.767. The smallest absolute Gasteiger partial charge is 0.145 e. The van der Waals surface area contributed by atoms with E-state index < -0.39 is 0 Å². The highest BCUT2D eigenvalue weighted by molar-refractivity contribution is 5.39. The average molecular weight is 242 g/mol. The zero-order chi connectivity index (χ0) is 13.0. The number of nitrogens with one attached hydrogen (secondary N) is 1. The molecule has 0 spiro atoms. The van der Waals surface area contributed by atoms with E-state index in [9.17, 15) is 0 Å². The van der Waals surface area contributed by atoms with Crippen molar-refractivity contribution in [3.63, 3.8) is 0 Å². The highest BCUT2D eigenvalue weighted by Crippen LogP contribution is 2.25. The number of aromatic nitrogens is 1.